The maximum Gasteiger partial charge on any atom is 0.414 e. The minimum atomic E-state index is -0.582. The van der Waals surface area contributed by atoms with Gasteiger partial charge < -0.3 is 9.47 Å². The molecule has 21 heavy (non-hydrogen) atoms. The average Bonchev–Trinajstić information content (AvgIpc) is 2.97. The number of amides is 1. The minimum Gasteiger partial charge on any atom is -0.456 e. The highest BCUT2D eigenvalue weighted by molar-refractivity contribution is 5.86. The van der Waals surface area contributed by atoms with Crippen molar-refractivity contribution >= 4 is 12.1 Å². The summed E-state index contributed by atoms with van der Waals surface area (Å²) in [5.74, 6) is -0.194. The molecule has 0 aromatic rings. The highest BCUT2D eigenvalue weighted by Gasteiger charge is 2.39. The van der Waals surface area contributed by atoms with E-state index in [1.807, 2.05) is 26.8 Å². The molecule has 0 saturated heterocycles. The molecule has 1 heterocycles. The summed E-state index contributed by atoms with van der Waals surface area (Å²) >= 11 is 0. The second-order valence-electron chi connectivity index (χ2n) is 6.49. The zero-order chi connectivity index (χ0) is 15.6. The average molecular weight is 293 g/mol. The van der Waals surface area contributed by atoms with Crippen molar-refractivity contribution in [2.75, 3.05) is 6.61 Å². The zero-order valence-corrected chi connectivity index (χ0v) is 12.9. The summed E-state index contributed by atoms with van der Waals surface area (Å²) in [5.41, 5.74) is -0.00485. The van der Waals surface area contributed by atoms with Crippen molar-refractivity contribution < 1.29 is 19.1 Å². The van der Waals surface area contributed by atoms with Gasteiger partial charge in [0.25, 0.3) is 0 Å². The van der Waals surface area contributed by atoms with Gasteiger partial charge >= 0.3 is 12.1 Å². The molecule has 1 saturated carbocycles. The molecule has 0 N–H and O–H groups in total. The van der Waals surface area contributed by atoms with Gasteiger partial charge in [0.2, 0.25) is 0 Å². The molecule has 116 valence electrons. The van der Waals surface area contributed by atoms with Gasteiger partial charge in [0, 0.05) is 12.1 Å². The molecule has 0 bridgehead atoms. The van der Waals surface area contributed by atoms with E-state index in [0.717, 1.165) is 19.3 Å². The summed E-state index contributed by atoms with van der Waals surface area (Å²) in [4.78, 5) is 25.5. The van der Waals surface area contributed by atoms with E-state index in [4.69, 9.17) is 9.47 Å². The SMILES string of the molecule is C=C[C@@H]1CCC[C@@H]1N(C(=O)OC(C)(C)C)C1=CC(=O)OC1. The van der Waals surface area contributed by atoms with Gasteiger partial charge in [-0.15, -0.1) is 6.58 Å². The number of cyclic esters (lactones) is 1. The third kappa shape index (κ3) is 3.65. The van der Waals surface area contributed by atoms with Gasteiger partial charge in [0.15, 0.2) is 0 Å². The van der Waals surface area contributed by atoms with Gasteiger partial charge in [0.1, 0.15) is 12.2 Å². The van der Waals surface area contributed by atoms with Gasteiger partial charge in [-0.25, -0.2) is 9.59 Å². The van der Waals surface area contributed by atoms with Gasteiger partial charge in [-0.3, -0.25) is 4.90 Å². The Hall–Kier alpha value is -1.78. The van der Waals surface area contributed by atoms with Crippen molar-refractivity contribution in [3.05, 3.63) is 24.4 Å². The molecule has 0 spiro atoms. The summed E-state index contributed by atoms with van der Waals surface area (Å²) in [6.07, 6.45) is 5.74. The fourth-order valence-electron chi connectivity index (χ4n) is 2.84. The van der Waals surface area contributed by atoms with E-state index < -0.39 is 17.7 Å². The lowest BCUT2D eigenvalue weighted by molar-refractivity contribution is -0.135. The largest absolute Gasteiger partial charge is 0.456 e. The summed E-state index contributed by atoms with van der Waals surface area (Å²) in [7, 11) is 0. The molecule has 5 nitrogen and oxygen atoms in total. The van der Waals surface area contributed by atoms with Gasteiger partial charge in [-0.05, 0) is 39.5 Å². The van der Waals surface area contributed by atoms with Crippen LogP contribution in [-0.4, -0.2) is 35.2 Å². The molecule has 0 aromatic heterocycles. The molecule has 1 fully saturated rings. The first-order chi connectivity index (χ1) is 9.81. The first-order valence-corrected chi connectivity index (χ1v) is 7.34. The van der Waals surface area contributed by atoms with Crippen LogP contribution in [-0.2, 0) is 14.3 Å². The number of hydrogen-bond acceptors (Lipinski definition) is 4. The first-order valence-electron chi connectivity index (χ1n) is 7.34. The molecule has 2 aliphatic rings. The van der Waals surface area contributed by atoms with Crippen LogP contribution in [0.3, 0.4) is 0 Å². The zero-order valence-electron chi connectivity index (χ0n) is 12.9. The number of nitrogens with zero attached hydrogens (tertiary/aromatic N) is 1. The predicted molar refractivity (Wildman–Crippen MR) is 78.4 cm³/mol. The molecule has 2 rings (SSSR count). The van der Waals surface area contributed by atoms with Crippen molar-refractivity contribution in [1.29, 1.82) is 0 Å². The fraction of sp³-hybridized carbons (Fsp3) is 0.625. The third-order valence-electron chi connectivity index (χ3n) is 3.71. The Bertz CT molecular complexity index is 475. The summed E-state index contributed by atoms with van der Waals surface area (Å²) in [6.45, 7) is 9.46. The Morgan fingerprint density at radius 2 is 2.19 bits per heavy atom. The second kappa shape index (κ2) is 5.92. The van der Waals surface area contributed by atoms with Crippen LogP contribution in [0.2, 0.25) is 0 Å². The Morgan fingerprint density at radius 3 is 2.71 bits per heavy atom. The van der Waals surface area contributed by atoms with E-state index in [9.17, 15) is 9.59 Å². The van der Waals surface area contributed by atoms with Gasteiger partial charge in [-0.2, -0.15) is 0 Å². The molecule has 0 radical (unpaired) electrons. The summed E-state index contributed by atoms with van der Waals surface area (Å²) in [6, 6.07) is -0.0156. The van der Waals surface area contributed by atoms with Crippen LogP contribution in [0.1, 0.15) is 40.0 Å². The highest BCUT2D eigenvalue weighted by atomic mass is 16.6. The van der Waals surface area contributed by atoms with E-state index in [-0.39, 0.29) is 18.6 Å². The topological polar surface area (TPSA) is 55.8 Å². The molecule has 1 aliphatic carbocycles. The third-order valence-corrected chi connectivity index (χ3v) is 3.71. The molecule has 0 aromatic carbocycles. The van der Waals surface area contributed by atoms with E-state index >= 15 is 0 Å². The molecule has 1 amide bonds. The Balaban J connectivity index is 2.26. The van der Waals surface area contributed by atoms with Crippen molar-refractivity contribution in [3.63, 3.8) is 0 Å². The maximum absolute atomic E-state index is 12.6. The predicted octanol–water partition coefficient (Wildman–Crippen LogP) is 3.02. The Morgan fingerprint density at radius 1 is 1.48 bits per heavy atom. The number of carbonyl (C=O) groups excluding carboxylic acids is 2. The molecular formula is C16H23NO4. The van der Waals surface area contributed by atoms with Crippen molar-refractivity contribution in [3.8, 4) is 0 Å². The van der Waals surface area contributed by atoms with Crippen molar-refractivity contribution in [2.45, 2.75) is 51.7 Å². The first kappa shape index (κ1) is 15.6. The summed E-state index contributed by atoms with van der Waals surface area (Å²) in [5, 5.41) is 0. The lowest BCUT2D eigenvalue weighted by Gasteiger charge is -2.34. The van der Waals surface area contributed by atoms with Gasteiger partial charge in [0.05, 0.1) is 5.70 Å². The molecule has 1 aliphatic heterocycles. The van der Waals surface area contributed by atoms with Crippen molar-refractivity contribution in [2.24, 2.45) is 5.92 Å². The van der Waals surface area contributed by atoms with Crippen molar-refractivity contribution in [1.82, 2.24) is 4.90 Å². The lowest BCUT2D eigenvalue weighted by atomic mass is 10.0. The van der Waals surface area contributed by atoms with Crippen LogP contribution in [0.5, 0.6) is 0 Å². The summed E-state index contributed by atoms with van der Waals surface area (Å²) < 4.78 is 10.4. The number of rotatable bonds is 3. The van der Waals surface area contributed by atoms with Crippen LogP contribution < -0.4 is 0 Å². The smallest absolute Gasteiger partial charge is 0.414 e. The maximum atomic E-state index is 12.6. The Kier molecular flexibility index (Phi) is 4.40. The Labute approximate surface area is 125 Å². The minimum absolute atomic E-state index is 0.0156. The van der Waals surface area contributed by atoms with Crippen LogP contribution in [0.4, 0.5) is 4.79 Å². The fourth-order valence-corrected chi connectivity index (χ4v) is 2.84. The van der Waals surface area contributed by atoms with Gasteiger partial charge in [-0.1, -0.05) is 12.5 Å². The van der Waals surface area contributed by atoms with Crippen LogP contribution in [0.25, 0.3) is 0 Å². The standard InChI is InChI=1S/C16H23NO4/c1-5-11-7-6-8-13(11)17(12-9-14(18)20-10-12)15(19)21-16(2,3)4/h5,9,11,13H,1,6-8,10H2,2-4H3/t11-,13+/m1/s1. The molecule has 5 heteroatoms. The quantitative estimate of drug-likeness (QED) is 0.593. The van der Waals surface area contributed by atoms with Crippen LogP contribution in [0, 0.1) is 5.92 Å². The van der Waals surface area contributed by atoms with Crippen LogP contribution >= 0.6 is 0 Å². The second-order valence-corrected chi connectivity index (χ2v) is 6.49. The highest BCUT2D eigenvalue weighted by Crippen LogP contribution is 2.34. The number of carbonyl (C=O) groups is 2. The molecule has 2 atom stereocenters. The van der Waals surface area contributed by atoms with E-state index in [2.05, 4.69) is 6.58 Å². The lowest BCUT2D eigenvalue weighted by Crippen LogP contribution is -2.44. The molecule has 0 unspecified atom stereocenters. The van der Waals surface area contributed by atoms with E-state index in [1.54, 1.807) is 4.90 Å². The molecular weight excluding hydrogens is 270 g/mol. The monoisotopic (exact) mass is 293 g/mol. The number of hydrogen-bond donors (Lipinski definition) is 0. The van der Waals surface area contributed by atoms with E-state index in [0.29, 0.717) is 5.70 Å². The normalized spacial score (nSPS) is 25.3. The van der Waals surface area contributed by atoms with E-state index in [1.165, 1.54) is 6.08 Å². The number of esters is 1. The number of ether oxygens (including phenoxy) is 2. The van der Waals surface area contributed by atoms with Crippen LogP contribution in [0.15, 0.2) is 24.4 Å².